The normalized spacial score (nSPS) is 20.7. The largest absolute Gasteiger partial charge is 0.385 e. The van der Waals surface area contributed by atoms with Crippen LogP contribution in [0, 0.1) is 3.57 Å². The monoisotopic (exact) mass is 327 g/mol. The molecule has 0 radical (unpaired) electrons. The molecule has 1 aliphatic rings. The Balaban J connectivity index is 2.58. The Hall–Kier alpha value is 0.330. The van der Waals surface area contributed by atoms with Crippen LogP contribution < -0.4 is 5.32 Å². The van der Waals surface area contributed by atoms with Crippen LogP contribution in [0.5, 0.6) is 0 Å². The zero-order chi connectivity index (χ0) is 9.42. The summed E-state index contributed by atoms with van der Waals surface area (Å²) in [5.74, 6) is 0. The molecule has 1 N–H and O–H groups in total. The molecule has 0 saturated heterocycles. The number of rotatable bonds is 0. The molecule has 0 aromatic heterocycles. The SMILES string of the molecule is Clc1c(I)ccc2c1C(Cl)CCN2. The molecule has 0 bridgehead atoms. The highest BCUT2D eigenvalue weighted by Crippen LogP contribution is 2.40. The second kappa shape index (κ2) is 3.83. The first-order valence-electron chi connectivity index (χ1n) is 4.06. The van der Waals surface area contributed by atoms with Gasteiger partial charge in [-0.1, -0.05) is 11.6 Å². The van der Waals surface area contributed by atoms with Crippen LogP contribution in [-0.4, -0.2) is 6.54 Å². The average molecular weight is 328 g/mol. The number of benzene rings is 1. The van der Waals surface area contributed by atoms with E-state index in [1.807, 2.05) is 12.1 Å². The van der Waals surface area contributed by atoms with E-state index in [9.17, 15) is 0 Å². The summed E-state index contributed by atoms with van der Waals surface area (Å²) in [5.41, 5.74) is 2.14. The minimum Gasteiger partial charge on any atom is -0.385 e. The summed E-state index contributed by atoms with van der Waals surface area (Å²) >= 11 is 14.6. The maximum atomic E-state index is 6.20. The lowest BCUT2D eigenvalue weighted by Gasteiger charge is -2.23. The molecule has 0 spiro atoms. The summed E-state index contributed by atoms with van der Waals surface area (Å²) in [6.07, 6.45) is 0.939. The fourth-order valence-electron chi connectivity index (χ4n) is 1.50. The molecule has 4 heteroatoms. The van der Waals surface area contributed by atoms with Crippen LogP contribution in [0.25, 0.3) is 0 Å². The van der Waals surface area contributed by atoms with E-state index in [1.54, 1.807) is 0 Å². The molecular formula is C9H8Cl2IN. The van der Waals surface area contributed by atoms with Crippen LogP contribution in [0.3, 0.4) is 0 Å². The highest BCUT2D eigenvalue weighted by atomic mass is 127. The van der Waals surface area contributed by atoms with E-state index < -0.39 is 0 Å². The zero-order valence-corrected chi connectivity index (χ0v) is 10.4. The molecule has 1 aliphatic heterocycles. The maximum absolute atomic E-state index is 6.20. The van der Waals surface area contributed by atoms with Crippen molar-refractivity contribution in [1.29, 1.82) is 0 Å². The fourth-order valence-corrected chi connectivity index (χ4v) is 2.66. The number of fused-ring (bicyclic) bond motifs is 1. The van der Waals surface area contributed by atoms with Crippen molar-refractivity contribution in [2.45, 2.75) is 11.8 Å². The molecule has 0 amide bonds. The molecule has 13 heavy (non-hydrogen) atoms. The van der Waals surface area contributed by atoms with E-state index in [-0.39, 0.29) is 5.38 Å². The molecule has 1 atom stereocenters. The van der Waals surface area contributed by atoms with Crippen LogP contribution in [0.2, 0.25) is 5.02 Å². The van der Waals surface area contributed by atoms with E-state index in [0.29, 0.717) is 0 Å². The van der Waals surface area contributed by atoms with Crippen molar-refractivity contribution in [2.24, 2.45) is 0 Å². The molecule has 70 valence electrons. The van der Waals surface area contributed by atoms with Crippen LogP contribution >= 0.6 is 45.8 Å². The van der Waals surface area contributed by atoms with Gasteiger partial charge in [-0.15, -0.1) is 11.6 Å². The third kappa shape index (κ3) is 1.76. The Morgan fingerprint density at radius 3 is 3.00 bits per heavy atom. The van der Waals surface area contributed by atoms with E-state index in [0.717, 1.165) is 32.8 Å². The van der Waals surface area contributed by atoms with E-state index >= 15 is 0 Å². The van der Waals surface area contributed by atoms with Gasteiger partial charge in [0.05, 0.1) is 10.4 Å². The number of nitrogens with one attached hydrogen (secondary N) is 1. The highest BCUT2D eigenvalue weighted by molar-refractivity contribution is 14.1. The van der Waals surface area contributed by atoms with Gasteiger partial charge in [-0.25, -0.2) is 0 Å². The summed E-state index contributed by atoms with van der Waals surface area (Å²) in [5, 5.41) is 4.14. The van der Waals surface area contributed by atoms with Gasteiger partial charge >= 0.3 is 0 Å². The standard InChI is InChI=1S/C9H8Cl2IN/c10-5-3-4-13-7-2-1-6(12)9(11)8(5)7/h1-2,5,13H,3-4H2. The van der Waals surface area contributed by atoms with Gasteiger partial charge in [0.25, 0.3) is 0 Å². The highest BCUT2D eigenvalue weighted by Gasteiger charge is 2.21. The second-order valence-corrected chi connectivity index (χ2v) is 5.07. The second-order valence-electron chi connectivity index (χ2n) is 3.01. The van der Waals surface area contributed by atoms with E-state index in [2.05, 4.69) is 27.9 Å². The zero-order valence-electron chi connectivity index (χ0n) is 6.78. The van der Waals surface area contributed by atoms with E-state index in [1.165, 1.54) is 0 Å². The molecule has 0 saturated carbocycles. The van der Waals surface area contributed by atoms with Crippen molar-refractivity contribution < 1.29 is 0 Å². The topological polar surface area (TPSA) is 12.0 Å². The summed E-state index contributed by atoms with van der Waals surface area (Å²) in [6.45, 7) is 0.929. The molecule has 1 aromatic carbocycles. The maximum Gasteiger partial charge on any atom is 0.0637 e. The third-order valence-corrected chi connectivity index (χ3v) is 4.22. The lowest BCUT2D eigenvalue weighted by molar-refractivity contribution is 0.801. The molecule has 1 heterocycles. The van der Waals surface area contributed by atoms with Gasteiger partial charge < -0.3 is 5.32 Å². The summed E-state index contributed by atoms with van der Waals surface area (Å²) in [4.78, 5) is 0. The molecule has 1 nitrogen and oxygen atoms in total. The number of halogens is 3. The predicted octanol–water partition coefficient (Wildman–Crippen LogP) is 4.04. The smallest absolute Gasteiger partial charge is 0.0637 e. The molecule has 2 rings (SSSR count). The Morgan fingerprint density at radius 2 is 2.23 bits per heavy atom. The Morgan fingerprint density at radius 1 is 1.46 bits per heavy atom. The first kappa shape index (κ1) is 9.87. The Bertz CT molecular complexity index is 341. The third-order valence-electron chi connectivity index (χ3n) is 2.16. The Kier molecular flexibility index (Phi) is 2.91. The molecule has 1 unspecified atom stereocenters. The molecule has 0 fully saturated rings. The molecular weight excluding hydrogens is 320 g/mol. The van der Waals surface area contributed by atoms with Crippen molar-refractivity contribution in [1.82, 2.24) is 0 Å². The number of hydrogen-bond acceptors (Lipinski definition) is 1. The number of hydrogen-bond donors (Lipinski definition) is 1. The first-order valence-corrected chi connectivity index (χ1v) is 5.95. The van der Waals surface area contributed by atoms with Gasteiger partial charge in [-0.2, -0.15) is 0 Å². The van der Waals surface area contributed by atoms with Crippen molar-refractivity contribution in [3.05, 3.63) is 26.3 Å². The minimum atomic E-state index is 0.0541. The summed E-state index contributed by atoms with van der Waals surface area (Å²) < 4.78 is 1.06. The van der Waals surface area contributed by atoms with Gasteiger partial charge in [-0.3, -0.25) is 0 Å². The lowest BCUT2D eigenvalue weighted by Crippen LogP contribution is -2.14. The van der Waals surface area contributed by atoms with Gasteiger partial charge in [-0.05, 0) is 41.1 Å². The van der Waals surface area contributed by atoms with Gasteiger partial charge in [0.15, 0.2) is 0 Å². The van der Waals surface area contributed by atoms with Crippen LogP contribution in [0.4, 0.5) is 5.69 Å². The summed E-state index contributed by atoms with van der Waals surface area (Å²) in [6, 6.07) is 4.04. The lowest BCUT2D eigenvalue weighted by atomic mass is 10.0. The van der Waals surface area contributed by atoms with Crippen molar-refractivity contribution in [3.8, 4) is 0 Å². The molecule has 1 aromatic rings. The van der Waals surface area contributed by atoms with Gasteiger partial charge in [0, 0.05) is 21.4 Å². The van der Waals surface area contributed by atoms with Crippen LogP contribution in [-0.2, 0) is 0 Å². The van der Waals surface area contributed by atoms with Crippen LogP contribution in [0.1, 0.15) is 17.4 Å². The van der Waals surface area contributed by atoms with Crippen LogP contribution in [0.15, 0.2) is 12.1 Å². The van der Waals surface area contributed by atoms with E-state index in [4.69, 9.17) is 23.2 Å². The quantitative estimate of drug-likeness (QED) is 0.560. The molecule has 0 aliphatic carbocycles. The van der Waals surface area contributed by atoms with Crippen molar-refractivity contribution in [3.63, 3.8) is 0 Å². The van der Waals surface area contributed by atoms with Crippen molar-refractivity contribution in [2.75, 3.05) is 11.9 Å². The number of alkyl halides is 1. The Labute approximate surface area is 101 Å². The summed E-state index contributed by atoms with van der Waals surface area (Å²) in [7, 11) is 0. The number of anilines is 1. The van der Waals surface area contributed by atoms with Gasteiger partial charge in [0.2, 0.25) is 0 Å². The average Bonchev–Trinajstić information content (AvgIpc) is 2.12. The first-order chi connectivity index (χ1) is 6.20. The fraction of sp³-hybridized carbons (Fsp3) is 0.333. The van der Waals surface area contributed by atoms with Gasteiger partial charge in [0.1, 0.15) is 0 Å². The predicted molar refractivity (Wildman–Crippen MR) is 65.9 cm³/mol. The van der Waals surface area contributed by atoms with Crippen molar-refractivity contribution >= 4 is 51.5 Å². The minimum absolute atomic E-state index is 0.0541.